The van der Waals surface area contributed by atoms with Gasteiger partial charge in [0.05, 0.1) is 11.3 Å². The fourth-order valence-corrected chi connectivity index (χ4v) is 6.72. The summed E-state index contributed by atoms with van der Waals surface area (Å²) in [5, 5.41) is 3.84. The van der Waals surface area contributed by atoms with Crippen LogP contribution in [-0.2, 0) is 16.6 Å². The number of pyridine rings is 1. The number of amides is 1. The molecule has 1 aliphatic rings. The molecule has 36 heavy (non-hydrogen) atoms. The number of para-hydroxylation sites is 1. The van der Waals surface area contributed by atoms with Crippen molar-refractivity contribution in [2.45, 2.75) is 60.0 Å². The van der Waals surface area contributed by atoms with Crippen LogP contribution in [0.2, 0.25) is 0 Å². The highest BCUT2D eigenvalue weighted by atomic mass is 32.2. The van der Waals surface area contributed by atoms with E-state index in [0.29, 0.717) is 30.1 Å². The minimum Gasteiger partial charge on any atom is -0.348 e. The summed E-state index contributed by atoms with van der Waals surface area (Å²) in [4.78, 5) is 28.6. The van der Waals surface area contributed by atoms with E-state index in [0.717, 1.165) is 40.7 Å². The SMILES string of the molecule is CCS(=O)(=O)N1CCC(C(C)n2c(C)c(C(=O)NCc3c(C)cc(C)[nH]c3=O)c3ccccc32)CC1. The van der Waals surface area contributed by atoms with Crippen molar-refractivity contribution in [3.05, 3.63) is 68.8 Å². The molecule has 0 spiro atoms. The number of aromatic nitrogens is 2. The first-order valence-corrected chi connectivity index (χ1v) is 14.2. The van der Waals surface area contributed by atoms with Gasteiger partial charge in [-0.05, 0) is 71.1 Å². The van der Waals surface area contributed by atoms with E-state index in [1.165, 1.54) is 0 Å². The number of aromatic amines is 1. The number of rotatable bonds is 7. The van der Waals surface area contributed by atoms with Gasteiger partial charge in [-0.15, -0.1) is 0 Å². The second kappa shape index (κ2) is 10.2. The molecule has 1 unspecified atom stereocenters. The molecule has 1 fully saturated rings. The first-order chi connectivity index (χ1) is 17.0. The summed E-state index contributed by atoms with van der Waals surface area (Å²) in [6.45, 7) is 10.7. The molecule has 9 heteroatoms. The second-order valence-corrected chi connectivity index (χ2v) is 12.1. The molecule has 0 saturated carbocycles. The van der Waals surface area contributed by atoms with Crippen molar-refractivity contribution in [1.29, 1.82) is 0 Å². The molecule has 0 aliphatic carbocycles. The minimum absolute atomic E-state index is 0.102. The molecule has 1 aromatic carbocycles. The van der Waals surface area contributed by atoms with Crippen LogP contribution in [0.25, 0.3) is 10.9 Å². The van der Waals surface area contributed by atoms with E-state index in [1.54, 1.807) is 11.2 Å². The maximum atomic E-state index is 13.4. The van der Waals surface area contributed by atoms with Crippen molar-refractivity contribution in [2.75, 3.05) is 18.8 Å². The molecular weight excluding hydrogens is 476 g/mol. The van der Waals surface area contributed by atoms with Crippen LogP contribution in [0.3, 0.4) is 0 Å². The molecule has 0 radical (unpaired) electrons. The Balaban J connectivity index is 1.60. The standard InChI is InChI=1S/C27H36N4O4S/c1-6-36(34,35)30-13-11-21(12-14-30)19(4)31-20(5)25(22-9-7-8-10-24(22)31)27(33)28-16-23-17(2)15-18(3)29-26(23)32/h7-10,15,19,21H,6,11-14,16H2,1-5H3,(H,28,33)(H,29,32). The first-order valence-electron chi connectivity index (χ1n) is 12.6. The van der Waals surface area contributed by atoms with E-state index >= 15 is 0 Å². The molecule has 3 aromatic rings. The number of carbonyl (C=O) groups excluding carboxylic acids is 1. The molecule has 2 aromatic heterocycles. The fraction of sp³-hybridized carbons (Fsp3) is 0.481. The topological polar surface area (TPSA) is 104 Å². The van der Waals surface area contributed by atoms with Gasteiger partial charge in [-0.25, -0.2) is 12.7 Å². The van der Waals surface area contributed by atoms with Gasteiger partial charge in [-0.1, -0.05) is 18.2 Å². The Bertz CT molecular complexity index is 1450. The van der Waals surface area contributed by atoms with Crippen molar-refractivity contribution in [3.63, 3.8) is 0 Å². The number of carbonyl (C=O) groups is 1. The van der Waals surface area contributed by atoms with E-state index < -0.39 is 10.0 Å². The third-order valence-electron chi connectivity index (χ3n) is 7.65. The summed E-state index contributed by atoms with van der Waals surface area (Å²) < 4.78 is 28.4. The first kappa shape index (κ1) is 26.2. The molecule has 1 amide bonds. The Morgan fingerprint density at radius 3 is 2.47 bits per heavy atom. The summed E-state index contributed by atoms with van der Waals surface area (Å²) in [5.41, 5.74) is 4.48. The van der Waals surface area contributed by atoms with Crippen LogP contribution < -0.4 is 10.9 Å². The van der Waals surface area contributed by atoms with Crippen LogP contribution >= 0.6 is 0 Å². The number of nitrogens with zero attached hydrogens (tertiary/aromatic N) is 2. The average Bonchev–Trinajstić information content (AvgIpc) is 3.14. The maximum Gasteiger partial charge on any atom is 0.254 e. The lowest BCUT2D eigenvalue weighted by atomic mass is 9.91. The average molecular weight is 513 g/mol. The normalized spacial score (nSPS) is 16.4. The van der Waals surface area contributed by atoms with Crippen molar-refractivity contribution < 1.29 is 13.2 Å². The second-order valence-electron chi connectivity index (χ2n) is 9.85. The molecular formula is C27H36N4O4S. The number of fused-ring (bicyclic) bond motifs is 1. The fourth-order valence-electron chi connectivity index (χ4n) is 5.59. The smallest absolute Gasteiger partial charge is 0.254 e. The van der Waals surface area contributed by atoms with Gasteiger partial charge in [0.25, 0.3) is 11.5 Å². The van der Waals surface area contributed by atoms with Crippen molar-refractivity contribution in [3.8, 4) is 0 Å². The van der Waals surface area contributed by atoms with Crippen LogP contribution in [0, 0.1) is 26.7 Å². The summed E-state index contributed by atoms with van der Waals surface area (Å²) >= 11 is 0. The van der Waals surface area contributed by atoms with Crippen LogP contribution in [0.5, 0.6) is 0 Å². The number of hydrogen-bond acceptors (Lipinski definition) is 4. The lowest BCUT2D eigenvalue weighted by molar-refractivity contribution is 0.0951. The van der Waals surface area contributed by atoms with Gasteiger partial charge in [-0.3, -0.25) is 9.59 Å². The Kier molecular flexibility index (Phi) is 7.43. The minimum atomic E-state index is -3.17. The maximum absolute atomic E-state index is 13.4. The number of aryl methyl sites for hydroxylation is 2. The zero-order chi connectivity index (χ0) is 26.2. The Hall–Kier alpha value is -2.91. The van der Waals surface area contributed by atoms with E-state index in [4.69, 9.17) is 0 Å². The van der Waals surface area contributed by atoms with E-state index in [1.807, 2.05) is 51.1 Å². The molecule has 0 bridgehead atoms. The summed E-state index contributed by atoms with van der Waals surface area (Å²) in [7, 11) is -3.17. The Labute approximate surface area is 212 Å². The van der Waals surface area contributed by atoms with Gasteiger partial charge in [0.1, 0.15) is 0 Å². The highest BCUT2D eigenvalue weighted by molar-refractivity contribution is 7.89. The van der Waals surface area contributed by atoms with Gasteiger partial charge in [0.15, 0.2) is 0 Å². The number of H-pyrrole nitrogens is 1. The quantitative estimate of drug-likeness (QED) is 0.502. The predicted octanol–water partition coefficient (Wildman–Crippen LogP) is 3.81. The number of sulfonamides is 1. The lowest BCUT2D eigenvalue weighted by Gasteiger charge is -2.35. The van der Waals surface area contributed by atoms with E-state index in [9.17, 15) is 18.0 Å². The molecule has 3 heterocycles. The van der Waals surface area contributed by atoms with Gasteiger partial charge >= 0.3 is 0 Å². The van der Waals surface area contributed by atoms with Crippen molar-refractivity contribution in [2.24, 2.45) is 5.92 Å². The number of piperidine rings is 1. The molecule has 8 nitrogen and oxygen atoms in total. The van der Waals surface area contributed by atoms with Crippen LogP contribution in [0.1, 0.15) is 65.6 Å². The predicted molar refractivity (Wildman–Crippen MR) is 143 cm³/mol. The molecule has 1 saturated heterocycles. The number of hydrogen-bond donors (Lipinski definition) is 2. The Morgan fingerprint density at radius 1 is 1.17 bits per heavy atom. The van der Waals surface area contributed by atoms with Crippen LogP contribution in [-0.4, -0.2) is 47.0 Å². The van der Waals surface area contributed by atoms with E-state index in [2.05, 4.69) is 21.8 Å². The summed E-state index contributed by atoms with van der Waals surface area (Å²) in [5.74, 6) is 0.214. The van der Waals surface area contributed by atoms with E-state index in [-0.39, 0.29) is 29.8 Å². The zero-order valence-electron chi connectivity index (χ0n) is 21.7. The summed E-state index contributed by atoms with van der Waals surface area (Å²) in [6, 6.07) is 9.89. The highest BCUT2D eigenvalue weighted by Gasteiger charge is 2.32. The molecule has 2 N–H and O–H groups in total. The number of nitrogens with one attached hydrogen (secondary N) is 2. The lowest BCUT2D eigenvalue weighted by Crippen LogP contribution is -2.40. The van der Waals surface area contributed by atoms with Gasteiger partial charge in [0.2, 0.25) is 10.0 Å². The highest BCUT2D eigenvalue weighted by Crippen LogP contribution is 2.36. The number of benzene rings is 1. The Morgan fingerprint density at radius 2 is 1.83 bits per heavy atom. The largest absolute Gasteiger partial charge is 0.348 e. The monoisotopic (exact) mass is 512 g/mol. The third kappa shape index (κ3) is 4.86. The molecule has 194 valence electrons. The van der Waals surface area contributed by atoms with Crippen LogP contribution in [0.4, 0.5) is 0 Å². The van der Waals surface area contributed by atoms with Gasteiger partial charge in [-0.2, -0.15) is 0 Å². The zero-order valence-corrected chi connectivity index (χ0v) is 22.5. The molecule has 1 aliphatic heterocycles. The van der Waals surface area contributed by atoms with Gasteiger partial charge in [0, 0.05) is 53.5 Å². The third-order valence-corrected chi connectivity index (χ3v) is 9.53. The summed E-state index contributed by atoms with van der Waals surface area (Å²) in [6.07, 6.45) is 1.56. The molecule has 1 atom stereocenters. The van der Waals surface area contributed by atoms with Gasteiger partial charge < -0.3 is 14.9 Å². The van der Waals surface area contributed by atoms with Crippen molar-refractivity contribution >= 4 is 26.8 Å². The van der Waals surface area contributed by atoms with Crippen molar-refractivity contribution in [1.82, 2.24) is 19.2 Å². The van der Waals surface area contributed by atoms with Crippen LogP contribution in [0.15, 0.2) is 35.1 Å². The molecule has 4 rings (SSSR count).